The van der Waals surface area contributed by atoms with Crippen molar-refractivity contribution in [2.24, 2.45) is 16.8 Å². The monoisotopic (exact) mass is 579 g/mol. The van der Waals surface area contributed by atoms with Crippen LogP contribution >= 0.6 is 11.6 Å². The molecule has 0 amide bonds. The Bertz CT molecular complexity index is 1930. The largest absolute Gasteiger partial charge is 0.287 e. The number of rotatable bonds is 5. The first-order chi connectivity index (χ1) is 20.4. The molecule has 1 saturated carbocycles. The van der Waals surface area contributed by atoms with Gasteiger partial charge in [0, 0.05) is 40.3 Å². The van der Waals surface area contributed by atoms with Crippen LogP contribution in [0.3, 0.4) is 0 Å². The summed E-state index contributed by atoms with van der Waals surface area (Å²) in [6.45, 7) is 6.47. The van der Waals surface area contributed by atoms with Gasteiger partial charge in [-0.15, -0.1) is 5.10 Å². The Labute approximate surface area is 246 Å². The lowest BCUT2D eigenvalue weighted by molar-refractivity contribution is 0.555. The Balaban J connectivity index is 1.11. The fraction of sp³-hybridized carbons (Fsp3) is 0.312. The minimum Gasteiger partial charge on any atom is -0.287 e. The van der Waals surface area contributed by atoms with Gasteiger partial charge in [0.1, 0.15) is 12.2 Å². The van der Waals surface area contributed by atoms with E-state index in [2.05, 4.69) is 46.2 Å². The molecule has 2 aliphatic heterocycles. The molecule has 4 unspecified atom stereocenters. The zero-order valence-electron chi connectivity index (χ0n) is 23.0. The molecule has 0 spiro atoms. The lowest BCUT2D eigenvalue weighted by Crippen LogP contribution is -2.30. The summed E-state index contributed by atoms with van der Waals surface area (Å²) >= 11 is 6.34. The van der Waals surface area contributed by atoms with Crippen molar-refractivity contribution < 1.29 is 4.39 Å². The highest BCUT2D eigenvalue weighted by Crippen LogP contribution is 2.60. The molecule has 2 aromatic carbocycles. The zero-order chi connectivity index (χ0) is 28.7. The first kappa shape index (κ1) is 25.5. The van der Waals surface area contributed by atoms with Gasteiger partial charge in [-0.25, -0.2) is 9.98 Å². The minimum atomic E-state index is -0.453. The summed E-state index contributed by atoms with van der Waals surface area (Å²) in [6, 6.07) is 12.8. The van der Waals surface area contributed by atoms with E-state index >= 15 is 4.39 Å². The smallest absolute Gasteiger partial charge is 0.254 e. The Morgan fingerprint density at radius 2 is 2.00 bits per heavy atom. The Hall–Kier alpha value is -4.24. The molecule has 0 bridgehead atoms. The molecule has 2 aromatic heterocycles. The van der Waals surface area contributed by atoms with Gasteiger partial charge in [-0.05, 0) is 82.8 Å². The van der Waals surface area contributed by atoms with Crippen molar-refractivity contribution >= 4 is 22.9 Å². The first-order valence-corrected chi connectivity index (χ1v) is 14.7. The maximum atomic E-state index is 15.5. The predicted octanol–water partition coefficient (Wildman–Crippen LogP) is 6.06. The Morgan fingerprint density at radius 3 is 2.81 bits per heavy atom. The van der Waals surface area contributed by atoms with Crippen LogP contribution in [-0.2, 0) is 12.8 Å². The number of tetrazole rings is 1. The number of nitrogens with zero attached hydrogens (tertiary/aromatic N) is 7. The van der Waals surface area contributed by atoms with Crippen molar-refractivity contribution in [1.82, 2.24) is 29.8 Å². The topological polar surface area (TPSA) is 90.8 Å². The van der Waals surface area contributed by atoms with Gasteiger partial charge in [-0.2, -0.15) is 9.07 Å². The van der Waals surface area contributed by atoms with E-state index in [-0.39, 0.29) is 23.4 Å². The second-order valence-corrected chi connectivity index (χ2v) is 12.2. The van der Waals surface area contributed by atoms with Crippen LogP contribution in [0, 0.1) is 11.8 Å². The van der Waals surface area contributed by atoms with Crippen molar-refractivity contribution in [3.05, 3.63) is 105 Å². The number of halogens is 2. The van der Waals surface area contributed by atoms with Crippen molar-refractivity contribution in [2.45, 2.75) is 51.0 Å². The maximum absolute atomic E-state index is 15.5. The van der Waals surface area contributed by atoms with E-state index in [1.54, 1.807) is 22.8 Å². The molecule has 210 valence electrons. The van der Waals surface area contributed by atoms with Gasteiger partial charge in [0.05, 0.1) is 17.4 Å². The van der Waals surface area contributed by atoms with Gasteiger partial charge < -0.3 is 0 Å². The summed E-state index contributed by atoms with van der Waals surface area (Å²) in [7, 11) is 0. The Kier molecular flexibility index (Phi) is 5.69. The van der Waals surface area contributed by atoms with Crippen molar-refractivity contribution in [2.75, 3.05) is 0 Å². The van der Waals surface area contributed by atoms with Crippen LogP contribution in [0.4, 0.5) is 4.39 Å². The van der Waals surface area contributed by atoms with Crippen LogP contribution in [0.5, 0.6) is 0 Å². The molecule has 4 aromatic rings. The summed E-state index contributed by atoms with van der Waals surface area (Å²) in [4.78, 5) is 23.1. The van der Waals surface area contributed by atoms with E-state index in [4.69, 9.17) is 16.6 Å². The molecule has 8 nitrogen and oxygen atoms in total. The molecule has 4 aliphatic rings. The minimum absolute atomic E-state index is 0.135. The first-order valence-electron chi connectivity index (χ1n) is 14.3. The van der Waals surface area contributed by atoms with Crippen LogP contribution in [0.2, 0.25) is 5.02 Å². The highest BCUT2D eigenvalue weighted by molar-refractivity contribution is 6.31. The van der Waals surface area contributed by atoms with Crippen LogP contribution in [0.15, 0.2) is 76.7 Å². The van der Waals surface area contributed by atoms with Crippen LogP contribution in [0.1, 0.15) is 60.7 Å². The van der Waals surface area contributed by atoms with Crippen LogP contribution in [0.25, 0.3) is 22.5 Å². The number of benzene rings is 2. The normalized spacial score (nSPS) is 24.0. The number of fused-ring (bicyclic) bond motifs is 4. The van der Waals surface area contributed by atoms with Gasteiger partial charge in [0.25, 0.3) is 5.56 Å². The highest BCUT2D eigenvalue weighted by Gasteiger charge is 2.56. The van der Waals surface area contributed by atoms with E-state index in [0.29, 0.717) is 51.4 Å². The van der Waals surface area contributed by atoms with E-state index in [0.717, 1.165) is 31.2 Å². The summed E-state index contributed by atoms with van der Waals surface area (Å²) in [5.41, 5.74) is 7.62. The number of aliphatic imine (C=N–C) groups is 1. The molecule has 2 aliphatic carbocycles. The fourth-order valence-electron chi connectivity index (χ4n) is 7.11. The Morgan fingerprint density at radius 1 is 1.12 bits per heavy atom. The lowest BCUT2D eigenvalue weighted by atomic mass is 9.78. The summed E-state index contributed by atoms with van der Waals surface area (Å²) in [5.74, 6) is 1.04. The standard InChI is InChI=1S/C32H27ClFN7O/c1-3-17-9-20-10-19(5-4-18(20)8-16(17)2)22-13-27(36-31(22)34)30-23-12-24(23)32-37-26(14-29(42)41(30)32)25-11-21(33)6-7-28(25)40-15-35-38-39-40/h4-7,10-11,14-15,17,23-24,30H,2-3,8-9,12-13H2,1H3. The maximum Gasteiger partial charge on any atom is 0.254 e. The quantitative estimate of drug-likeness (QED) is 0.212. The average molecular weight is 580 g/mol. The number of allylic oxidation sites excluding steroid dienone is 2. The van der Waals surface area contributed by atoms with Crippen molar-refractivity contribution in [3.8, 4) is 16.9 Å². The number of aromatic nitrogens is 6. The third-order valence-corrected chi connectivity index (χ3v) is 9.60. The lowest BCUT2D eigenvalue weighted by Gasteiger charge is -2.26. The van der Waals surface area contributed by atoms with E-state index in [1.165, 1.54) is 33.8 Å². The van der Waals surface area contributed by atoms with E-state index in [1.807, 2.05) is 6.07 Å². The van der Waals surface area contributed by atoms with Crippen molar-refractivity contribution in [1.29, 1.82) is 0 Å². The van der Waals surface area contributed by atoms with Crippen LogP contribution in [-0.4, -0.2) is 35.5 Å². The van der Waals surface area contributed by atoms with Gasteiger partial charge >= 0.3 is 0 Å². The highest BCUT2D eigenvalue weighted by atomic mass is 35.5. The molecule has 1 fully saturated rings. The molecular formula is C32H27ClFN7O. The third kappa shape index (κ3) is 3.94. The number of hydrogen-bond acceptors (Lipinski definition) is 6. The molecule has 0 N–H and O–H groups in total. The number of hydrogen-bond donors (Lipinski definition) is 0. The fourth-order valence-corrected chi connectivity index (χ4v) is 7.28. The van der Waals surface area contributed by atoms with Gasteiger partial charge in [0.15, 0.2) is 0 Å². The van der Waals surface area contributed by atoms with Crippen molar-refractivity contribution in [3.63, 3.8) is 0 Å². The molecule has 8 rings (SSSR count). The molecular weight excluding hydrogens is 553 g/mol. The van der Waals surface area contributed by atoms with E-state index in [9.17, 15) is 4.79 Å². The molecule has 4 atom stereocenters. The molecule has 10 heteroatoms. The molecule has 0 saturated heterocycles. The second-order valence-electron chi connectivity index (χ2n) is 11.8. The van der Waals surface area contributed by atoms with Gasteiger partial charge in [0.2, 0.25) is 5.95 Å². The third-order valence-electron chi connectivity index (χ3n) is 9.36. The van der Waals surface area contributed by atoms with Crippen LogP contribution < -0.4 is 5.56 Å². The summed E-state index contributed by atoms with van der Waals surface area (Å²) in [5, 5.41) is 12.0. The molecule has 0 radical (unpaired) electrons. The molecule has 42 heavy (non-hydrogen) atoms. The molecule has 4 heterocycles. The SMILES string of the molecule is C=C1Cc2ccc(C3=C(F)N=C(C4C5CC5c5nc(-c6cc(Cl)ccc6-n6cnnn6)cc(=O)n54)C3)cc2CC1CC. The zero-order valence-corrected chi connectivity index (χ0v) is 23.7. The van der Waals surface area contributed by atoms with E-state index < -0.39 is 5.95 Å². The van der Waals surface area contributed by atoms with Gasteiger partial charge in [-0.3, -0.25) is 9.36 Å². The summed E-state index contributed by atoms with van der Waals surface area (Å²) < 4.78 is 18.7. The predicted molar refractivity (Wildman–Crippen MR) is 158 cm³/mol. The second kappa shape index (κ2) is 9.39. The average Bonchev–Trinajstić information content (AvgIpc) is 3.28. The van der Waals surface area contributed by atoms with Gasteiger partial charge in [-0.1, -0.05) is 48.9 Å². The summed E-state index contributed by atoms with van der Waals surface area (Å²) in [6.07, 6.45) is 5.63.